The Hall–Kier alpha value is -5.09. The van der Waals surface area contributed by atoms with Crippen molar-refractivity contribution < 1.29 is 33.4 Å². The van der Waals surface area contributed by atoms with E-state index in [1.807, 2.05) is 30.3 Å². The van der Waals surface area contributed by atoms with Crippen LogP contribution in [0.25, 0.3) is 5.76 Å². The SMILES string of the molecule is C=CCOC(=O)c1sc(N2C(=O)C(=O)C(=C(O)c3ccc(OCc4ccccc4)cc3C)[C@H]2c2ccc(F)cc2)nc1C. The fourth-order valence-electron chi connectivity index (χ4n) is 4.74. The summed E-state index contributed by atoms with van der Waals surface area (Å²) in [4.78, 5) is 45.3. The van der Waals surface area contributed by atoms with E-state index >= 15 is 0 Å². The Morgan fingerprint density at radius 3 is 2.49 bits per heavy atom. The molecule has 1 saturated heterocycles. The fraction of sp³-hybridized carbons (Fsp3) is 0.152. The number of benzene rings is 3. The molecular formula is C33H27FN2O6S. The number of aliphatic hydroxyl groups excluding tert-OH is 1. The molecule has 5 rings (SSSR count). The summed E-state index contributed by atoms with van der Waals surface area (Å²) in [6.45, 7) is 7.19. The van der Waals surface area contributed by atoms with Gasteiger partial charge < -0.3 is 14.6 Å². The van der Waals surface area contributed by atoms with E-state index in [2.05, 4.69) is 11.6 Å². The first-order valence-electron chi connectivity index (χ1n) is 13.3. The van der Waals surface area contributed by atoms with Gasteiger partial charge in [-0.2, -0.15) is 0 Å². The van der Waals surface area contributed by atoms with Crippen LogP contribution in [0, 0.1) is 19.7 Å². The van der Waals surface area contributed by atoms with Gasteiger partial charge in [-0.05, 0) is 60.9 Å². The molecule has 0 aliphatic carbocycles. The molecule has 0 saturated carbocycles. The molecular weight excluding hydrogens is 571 g/mol. The average molecular weight is 599 g/mol. The van der Waals surface area contributed by atoms with E-state index < -0.39 is 35.3 Å². The van der Waals surface area contributed by atoms with Crippen LogP contribution in [0.1, 0.15) is 43.7 Å². The quantitative estimate of drug-likeness (QED) is 0.0776. The second kappa shape index (κ2) is 12.4. The molecule has 218 valence electrons. The molecule has 1 atom stereocenters. The second-order valence-electron chi connectivity index (χ2n) is 9.77. The summed E-state index contributed by atoms with van der Waals surface area (Å²) in [5.74, 6) is -2.90. The van der Waals surface area contributed by atoms with Crippen molar-refractivity contribution in [1.29, 1.82) is 0 Å². The van der Waals surface area contributed by atoms with Crippen LogP contribution in [0.2, 0.25) is 0 Å². The molecule has 10 heteroatoms. The molecule has 43 heavy (non-hydrogen) atoms. The number of halogens is 1. The van der Waals surface area contributed by atoms with Gasteiger partial charge in [0, 0.05) is 5.56 Å². The minimum absolute atomic E-state index is 0.0129. The maximum Gasteiger partial charge on any atom is 0.350 e. The summed E-state index contributed by atoms with van der Waals surface area (Å²) in [6, 6.07) is 18.8. The first-order valence-corrected chi connectivity index (χ1v) is 14.1. The summed E-state index contributed by atoms with van der Waals surface area (Å²) >= 11 is 0.879. The molecule has 0 unspecified atom stereocenters. The zero-order valence-electron chi connectivity index (χ0n) is 23.4. The lowest BCUT2D eigenvalue weighted by molar-refractivity contribution is -0.132. The van der Waals surface area contributed by atoms with Crippen LogP contribution in [-0.2, 0) is 20.9 Å². The summed E-state index contributed by atoms with van der Waals surface area (Å²) < 4.78 is 24.9. The fourth-order valence-corrected chi connectivity index (χ4v) is 5.73. The minimum Gasteiger partial charge on any atom is -0.507 e. The number of amides is 1. The third-order valence-electron chi connectivity index (χ3n) is 6.84. The van der Waals surface area contributed by atoms with E-state index in [1.165, 1.54) is 30.3 Å². The van der Waals surface area contributed by atoms with E-state index in [9.17, 15) is 23.9 Å². The molecule has 1 aromatic heterocycles. The van der Waals surface area contributed by atoms with Crippen LogP contribution >= 0.6 is 11.3 Å². The first-order chi connectivity index (χ1) is 20.7. The number of hydrogen-bond donors (Lipinski definition) is 1. The number of esters is 1. The highest BCUT2D eigenvalue weighted by atomic mass is 32.1. The van der Waals surface area contributed by atoms with E-state index in [4.69, 9.17) is 9.47 Å². The van der Waals surface area contributed by atoms with Crippen LogP contribution in [-0.4, -0.2) is 34.4 Å². The molecule has 1 N–H and O–H groups in total. The maximum absolute atomic E-state index is 13.9. The molecule has 8 nitrogen and oxygen atoms in total. The van der Waals surface area contributed by atoms with Crippen molar-refractivity contribution in [1.82, 2.24) is 4.98 Å². The van der Waals surface area contributed by atoms with Crippen LogP contribution in [0.4, 0.5) is 9.52 Å². The lowest BCUT2D eigenvalue weighted by atomic mass is 9.94. The summed E-state index contributed by atoms with van der Waals surface area (Å²) in [5.41, 5.74) is 2.38. The van der Waals surface area contributed by atoms with Gasteiger partial charge in [-0.1, -0.05) is 66.5 Å². The average Bonchev–Trinajstić information content (AvgIpc) is 3.51. The summed E-state index contributed by atoms with van der Waals surface area (Å²) in [6.07, 6.45) is 1.42. The maximum atomic E-state index is 13.9. The van der Waals surface area contributed by atoms with E-state index in [0.29, 0.717) is 34.7 Å². The van der Waals surface area contributed by atoms with Gasteiger partial charge in [0.05, 0.1) is 17.3 Å². The van der Waals surface area contributed by atoms with Gasteiger partial charge in [-0.3, -0.25) is 14.5 Å². The van der Waals surface area contributed by atoms with Crippen molar-refractivity contribution in [2.24, 2.45) is 0 Å². The summed E-state index contributed by atoms with van der Waals surface area (Å²) in [5, 5.41) is 11.6. The van der Waals surface area contributed by atoms with E-state index in [-0.39, 0.29) is 22.2 Å². The number of aryl methyl sites for hydroxylation is 2. The molecule has 3 aromatic carbocycles. The predicted molar refractivity (Wildman–Crippen MR) is 160 cm³/mol. The predicted octanol–water partition coefficient (Wildman–Crippen LogP) is 6.45. The van der Waals surface area contributed by atoms with Crippen LogP contribution in [0.5, 0.6) is 5.75 Å². The van der Waals surface area contributed by atoms with E-state index in [1.54, 1.807) is 32.0 Å². The number of Topliss-reactive ketones (excluding diaryl/α,β-unsaturated/α-hetero) is 1. The normalized spacial score (nSPS) is 15.9. The number of carbonyl (C=O) groups excluding carboxylic acids is 3. The number of ether oxygens (including phenoxy) is 2. The monoisotopic (exact) mass is 598 g/mol. The largest absolute Gasteiger partial charge is 0.507 e. The number of thiazole rings is 1. The number of rotatable bonds is 9. The molecule has 0 spiro atoms. The highest BCUT2D eigenvalue weighted by Crippen LogP contribution is 2.44. The third kappa shape index (κ3) is 5.96. The molecule has 4 aromatic rings. The van der Waals surface area contributed by atoms with Gasteiger partial charge in [-0.15, -0.1) is 0 Å². The minimum atomic E-state index is -1.14. The number of ketones is 1. The van der Waals surface area contributed by atoms with Gasteiger partial charge in [0.1, 0.15) is 35.4 Å². The van der Waals surface area contributed by atoms with Crippen molar-refractivity contribution in [3.8, 4) is 5.75 Å². The van der Waals surface area contributed by atoms with Crippen molar-refractivity contribution >= 4 is 39.9 Å². The Kier molecular flexibility index (Phi) is 8.49. The Labute approximate surface area is 251 Å². The van der Waals surface area contributed by atoms with Crippen molar-refractivity contribution in [2.75, 3.05) is 11.5 Å². The Balaban J connectivity index is 1.55. The number of carbonyl (C=O) groups is 3. The first kappa shape index (κ1) is 29.4. The third-order valence-corrected chi connectivity index (χ3v) is 7.98. The van der Waals surface area contributed by atoms with Crippen molar-refractivity contribution in [3.05, 3.63) is 130 Å². The van der Waals surface area contributed by atoms with Crippen LogP contribution in [0.15, 0.2) is 91.0 Å². The number of aliphatic hydroxyl groups is 1. The smallest absolute Gasteiger partial charge is 0.350 e. The van der Waals surface area contributed by atoms with Crippen LogP contribution in [0.3, 0.4) is 0 Å². The molecule has 0 bridgehead atoms. The molecule has 1 fully saturated rings. The Morgan fingerprint density at radius 2 is 1.81 bits per heavy atom. The van der Waals surface area contributed by atoms with Crippen molar-refractivity contribution in [3.63, 3.8) is 0 Å². The Morgan fingerprint density at radius 1 is 1.09 bits per heavy atom. The van der Waals surface area contributed by atoms with Crippen LogP contribution < -0.4 is 9.64 Å². The van der Waals surface area contributed by atoms with Gasteiger partial charge >= 0.3 is 11.9 Å². The van der Waals surface area contributed by atoms with Gasteiger partial charge in [0.25, 0.3) is 5.78 Å². The molecule has 0 radical (unpaired) electrons. The molecule has 1 aliphatic heterocycles. The topological polar surface area (TPSA) is 106 Å². The van der Waals surface area contributed by atoms with Crippen molar-refractivity contribution in [2.45, 2.75) is 26.5 Å². The highest BCUT2D eigenvalue weighted by molar-refractivity contribution is 7.17. The number of nitrogens with zero attached hydrogens (tertiary/aromatic N) is 2. The molecule has 1 aliphatic rings. The summed E-state index contributed by atoms with van der Waals surface area (Å²) in [7, 11) is 0. The molecule has 1 amide bonds. The Bertz CT molecular complexity index is 1750. The van der Waals surface area contributed by atoms with E-state index in [0.717, 1.165) is 21.8 Å². The number of anilines is 1. The zero-order valence-corrected chi connectivity index (χ0v) is 24.2. The standard InChI is InChI=1S/C33H27FN2O6S/c1-4-16-41-32(40)30-20(3)35-33(43-30)36-27(22-10-12-23(34)13-11-22)26(29(38)31(36)39)28(37)25-15-14-24(17-19(25)2)42-18-21-8-6-5-7-9-21/h4-15,17,27,37H,1,16,18H2,2-3H3/t27-/m1/s1. The van der Waals surface area contributed by atoms with Gasteiger partial charge in [0.2, 0.25) is 0 Å². The molecule has 2 heterocycles. The second-order valence-corrected chi connectivity index (χ2v) is 10.7. The lowest BCUT2D eigenvalue weighted by Gasteiger charge is -2.23. The lowest BCUT2D eigenvalue weighted by Crippen LogP contribution is -2.29. The van der Waals surface area contributed by atoms with Gasteiger partial charge in [-0.25, -0.2) is 14.2 Å². The highest BCUT2D eigenvalue weighted by Gasteiger charge is 2.48. The number of aromatic nitrogens is 1. The zero-order chi connectivity index (χ0) is 30.7. The van der Waals surface area contributed by atoms with Gasteiger partial charge in [0.15, 0.2) is 5.13 Å². The number of hydrogen-bond acceptors (Lipinski definition) is 8.